The fourth-order valence-electron chi connectivity index (χ4n) is 7.73. The molecule has 29 heavy (non-hydrogen) atoms. The average molecular weight is 400 g/mol. The Labute approximate surface area is 172 Å². The van der Waals surface area contributed by atoms with Crippen LogP contribution < -0.4 is 0 Å². The molecule has 6 nitrogen and oxygen atoms in total. The second-order valence-electron chi connectivity index (χ2n) is 10.3. The van der Waals surface area contributed by atoms with Crippen molar-refractivity contribution >= 4 is 5.78 Å². The maximum absolute atomic E-state index is 12.0. The van der Waals surface area contributed by atoms with Gasteiger partial charge < -0.3 is 10.2 Å². The van der Waals surface area contributed by atoms with E-state index in [2.05, 4.69) is 24.2 Å². The van der Waals surface area contributed by atoms with E-state index in [0.717, 1.165) is 38.5 Å². The number of fused-ring (bicyclic) bond motifs is 5. The van der Waals surface area contributed by atoms with Crippen molar-refractivity contribution in [1.82, 2.24) is 15.0 Å². The number of aromatic nitrogens is 3. The highest BCUT2D eigenvalue weighted by Gasteiger charge is 2.64. The van der Waals surface area contributed by atoms with Crippen molar-refractivity contribution in [2.24, 2.45) is 35.0 Å². The van der Waals surface area contributed by atoms with Gasteiger partial charge in [0.2, 0.25) is 0 Å². The molecule has 5 unspecified atom stereocenters. The molecular formula is C23H33N3O3. The number of carbonyl (C=O) groups excluding carboxylic acids is 1. The fourth-order valence-corrected chi connectivity index (χ4v) is 7.73. The third-order valence-corrected chi connectivity index (χ3v) is 9.08. The van der Waals surface area contributed by atoms with E-state index in [0.29, 0.717) is 54.0 Å². The standard InChI is InChI=1S/C23H33N3O3/c1-14-11-15-12-16(28)3-4-17(15)18-5-7-22(2)19(21(14)18)6-8-23(22,29)20-13-26(9-10-27)25-24-20/h12-14,17-19,21,27,29H,3-11H2,1-2H3/t14?,17?,18?,19?,21?,22-,23+/m0/s1. The van der Waals surface area contributed by atoms with Gasteiger partial charge in [-0.1, -0.05) is 24.6 Å². The van der Waals surface area contributed by atoms with E-state index in [1.54, 1.807) is 4.68 Å². The zero-order valence-corrected chi connectivity index (χ0v) is 17.5. The lowest BCUT2D eigenvalue weighted by Crippen LogP contribution is -2.53. The molecule has 0 bridgehead atoms. The van der Waals surface area contributed by atoms with Gasteiger partial charge in [-0.15, -0.1) is 5.10 Å². The predicted molar refractivity (Wildman–Crippen MR) is 108 cm³/mol. The molecule has 3 fully saturated rings. The highest BCUT2D eigenvalue weighted by molar-refractivity contribution is 5.91. The van der Waals surface area contributed by atoms with Gasteiger partial charge in [0.15, 0.2) is 5.78 Å². The first-order valence-corrected chi connectivity index (χ1v) is 11.3. The lowest BCUT2D eigenvalue weighted by atomic mass is 9.48. The number of aliphatic hydroxyl groups is 2. The monoisotopic (exact) mass is 399 g/mol. The second-order valence-corrected chi connectivity index (χ2v) is 10.3. The van der Waals surface area contributed by atoms with Crippen molar-refractivity contribution in [3.05, 3.63) is 23.5 Å². The van der Waals surface area contributed by atoms with Crippen molar-refractivity contribution in [2.45, 2.75) is 70.9 Å². The van der Waals surface area contributed by atoms with Crippen LogP contribution in [0.5, 0.6) is 0 Å². The van der Waals surface area contributed by atoms with Crippen LogP contribution in [0, 0.1) is 35.0 Å². The van der Waals surface area contributed by atoms with Gasteiger partial charge in [-0.3, -0.25) is 4.79 Å². The molecule has 1 aromatic heterocycles. The SMILES string of the molecule is CC1CC2=CC(=O)CCC2C2CC[C@@]3(C)C(CC[C@@]3(O)c3cn(CCO)nn3)C12. The Kier molecular flexibility index (Phi) is 4.52. The van der Waals surface area contributed by atoms with Crippen molar-refractivity contribution in [2.75, 3.05) is 6.61 Å². The molecule has 4 aliphatic rings. The molecular weight excluding hydrogens is 366 g/mol. The summed E-state index contributed by atoms with van der Waals surface area (Å²) < 4.78 is 1.63. The number of hydrogen-bond donors (Lipinski definition) is 2. The van der Waals surface area contributed by atoms with E-state index in [1.807, 2.05) is 12.3 Å². The molecule has 0 aliphatic heterocycles. The Morgan fingerprint density at radius 1 is 1.28 bits per heavy atom. The summed E-state index contributed by atoms with van der Waals surface area (Å²) in [5.41, 5.74) is 0.920. The van der Waals surface area contributed by atoms with Crippen LogP contribution in [0.4, 0.5) is 0 Å². The quantitative estimate of drug-likeness (QED) is 0.816. The maximum Gasteiger partial charge on any atom is 0.155 e. The highest BCUT2D eigenvalue weighted by atomic mass is 16.3. The zero-order valence-electron chi connectivity index (χ0n) is 17.5. The molecule has 0 radical (unpaired) electrons. The Balaban J connectivity index is 1.47. The molecule has 5 rings (SSSR count). The Morgan fingerprint density at radius 3 is 2.90 bits per heavy atom. The molecule has 6 heteroatoms. The number of hydrogen-bond acceptors (Lipinski definition) is 5. The molecule has 0 saturated heterocycles. The van der Waals surface area contributed by atoms with Gasteiger partial charge in [-0.25, -0.2) is 4.68 Å². The summed E-state index contributed by atoms with van der Waals surface area (Å²) in [5.74, 6) is 3.14. The van der Waals surface area contributed by atoms with Crippen molar-refractivity contribution in [1.29, 1.82) is 0 Å². The third kappa shape index (κ3) is 2.71. The minimum absolute atomic E-state index is 0.0160. The molecule has 158 valence electrons. The van der Waals surface area contributed by atoms with Gasteiger partial charge in [0.05, 0.1) is 19.3 Å². The van der Waals surface area contributed by atoms with E-state index in [4.69, 9.17) is 0 Å². The lowest BCUT2D eigenvalue weighted by Gasteiger charge is -2.57. The van der Waals surface area contributed by atoms with Crippen LogP contribution >= 0.6 is 0 Å². The molecule has 1 aromatic rings. The van der Waals surface area contributed by atoms with E-state index in [1.165, 1.54) is 5.57 Å². The summed E-state index contributed by atoms with van der Waals surface area (Å²) in [4.78, 5) is 12.0. The minimum Gasteiger partial charge on any atom is -0.394 e. The van der Waals surface area contributed by atoms with Gasteiger partial charge in [0, 0.05) is 11.8 Å². The van der Waals surface area contributed by atoms with Crippen molar-refractivity contribution < 1.29 is 15.0 Å². The number of ketones is 1. The van der Waals surface area contributed by atoms with E-state index < -0.39 is 5.60 Å². The number of allylic oxidation sites excluding steroid dienone is 1. The number of carbonyl (C=O) groups is 1. The van der Waals surface area contributed by atoms with Crippen LogP contribution in [0.15, 0.2) is 17.8 Å². The van der Waals surface area contributed by atoms with Gasteiger partial charge in [0.1, 0.15) is 11.3 Å². The number of aliphatic hydroxyl groups excluding tert-OH is 1. The van der Waals surface area contributed by atoms with Crippen LogP contribution in [0.1, 0.15) is 64.5 Å². The summed E-state index contributed by atoms with van der Waals surface area (Å²) in [7, 11) is 0. The fraction of sp³-hybridized carbons (Fsp3) is 0.783. The molecule has 1 heterocycles. The topological polar surface area (TPSA) is 88.2 Å². The Bertz CT molecular complexity index is 848. The maximum atomic E-state index is 12.0. The molecule has 0 spiro atoms. The highest BCUT2D eigenvalue weighted by Crippen LogP contribution is 2.68. The van der Waals surface area contributed by atoms with Crippen LogP contribution in [0.25, 0.3) is 0 Å². The predicted octanol–water partition coefficient (Wildman–Crippen LogP) is 2.85. The van der Waals surface area contributed by atoms with Crippen LogP contribution in [-0.2, 0) is 16.9 Å². The summed E-state index contributed by atoms with van der Waals surface area (Å²) in [6, 6.07) is 0. The second kappa shape index (κ2) is 6.74. The van der Waals surface area contributed by atoms with Crippen LogP contribution in [0.3, 0.4) is 0 Å². The average Bonchev–Trinajstić information content (AvgIpc) is 3.26. The van der Waals surface area contributed by atoms with Gasteiger partial charge in [-0.05, 0) is 74.2 Å². The van der Waals surface area contributed by atoms with Crippen LogP contribution in [0.2, 0.25) is 0 Å². The Morgan fingerprint density at radius 2 is 2.10 bits per heavy atom. The molecule has 2 N–H and O–H groups in total. The van der Waals surface area contributed by atoms with Crippen molar-refractivity contribution in [3.63, 3.8) is 0 Å². The molecule has 3 saturated carbocycles. The summed E-state index contributed by atoms with van der Waals surface area (Å²) in [6.45, 7) is 5.05. The minimum atomic E-state index is -0.950. The van der Waals surface area contributed by atoms with E-state index in [9.17, 15) is 15.0 Å². The smallest absolute Gasteiger partial charge is 0.155 e. The first kappa shape index (κ1) is 19.4. The first-order valence-electron chi connectivity index (χ1n) is 11.3. The van der Waals surface area contributed by atoms with Crippen LogP contribution in [-0.4, -0.2) is 37.6 Å². The molecule has 7 atom stereocenters. The third-order valence-electron chi connectivity index (χ3n) is 9.08. The summed E-state index contributed by atoms with van der Waals surface area (Å²) >= 11 is 0. The number of rotatable bonds is 3. The number of nitrogens with zero attached hydrogens (tertiary/aromatic N) is 3. The van der Waals surface area contributed by atoms with Gasteiger partial charge in [0.25, 0.3) is 0 Å². The van der Waals surface area contributed by atoms with Crippen molar-refractivity contribution in [3.8, 4) is 0 Å². The van der Waals surface area contributed by atoms with E-state index in [-0.39, 0.29) is 12.0 Å². The largest absolute Gasteiger partial charge is 0.394 e. The molecule has 4 aliphatic carbocycles. The lowest BCUT2D eigenvalue weighted by molar-refractivity contribution is -0.134. The summed E-state index contributed by atoms with van der Waals surface area (Å²) in [5, 5.41) is 29.6. The molecule has 0 amide bonds. The summed E-state index contributed by atoms with van der Waals surface area (Å²) in [6.07, 6.45) is 10.4. The first-order chi connectivity index (χ1) is 13.9. The van der Waals surface area contributed by atoms with E-state index >= 15 is 0 Å². The van der Waals surface area contributed by atoms with Gasteiger partial charge in [-0.2, -0.15) is 0 Å². The zero-order chi connectivity index (χ0) is 20.4. The van der Waals surface area contributed by atoms with Gasteiger partial charge >= 0.3 is 0 Å². The Hall–Kier alpha value is -1.53. The normalized spacial score (nSPS) is 44.1. The molecule has 0 aromatic carbocycles.